The first-order valence-electron chi connectivity index (χ1n) is 16.2. The van der Waals surface area contributed by atoms with E-state index in [0.29, 0.717) is 24.7 Å². The second-order valence-electron chi connectivity index (χ2n) is 13.0. The molecule has 3 aliphatic rings. The van der Waals surface area contributed by atoms with Crippen LogP contribution in [0.1, 0.15) is 120 Å². The summed E-state index contributed by atoms with van der Waals surface area (Å²) in [6.45, 7) is 5.74. The van der Waals surface area contributed by atoms with Gasteiger partial charge in [0.1, 0.15) is 11.6 Å². The van der Waals surface area contributed by atoms with Crippen LogP contribution in [-0.4, -0.2) is 56.7 Å². The van der Waals surface area contributed by atoms with Gasteiger partial charge in [-0.05, 0) is 68.9 Å². The van der Waals surface area contributed by atoms with Crippen molar-refractivity contribution in [2.75, 3.05) is 13.1 Å². The van der Waals surface area contributed by atoms with Gasteiger partial charge in [-0.1, -0.05) is 49.3 Å². The molecule has 2 bridgehead atoms. The van der Waals surface area contributed by atoms with Crippen LogP contribution in [0.2, 0.25) is 0 Å². The Morgan fingerprint density at radius 2 is 1.77 bits per heavy atom. The average Bonchev–Trinajstić information content (AvgIpc) is 3.52. The number of aryl methyl sites for hydroxylation is 1. The molecule has 1 N–H and O–H groups in total. The molecule has 1 aromatic heterocycles. The van der Waals surface area contributed by atoms with Gasteiger partial charge < -0.3 is 9.88 Å². The van der Waals surface area contributed by atoms with Crippen molar-refractivity contribution in [1.82, 2.24) is 25.0 Å². The molecule has 1 aliphatic carbocycles. The quantitative estimate of drug-likeness (QED) is 0.113. The molecule has 234 valence electrons. The van der Waals surface area contributed by atoms with E-state index in [1.54, 1.807) is 0 Å². The van der Waals surface area contributed by atoms with Crippen LogP contribution >= 0.6 is 0 Å². The number of piperidine rings is 1. The van der Waals surface area contributed by atoms with Gasteiger partial charge in [0.15, 0.2) is 0 Å². The lowest BCUT2D eigenvalue weighted by atomic mass is 9.86. The first-order valence-corrected chi connectivity index (χ1v) is 16.2. The molecule has 1 aromatic carbocycles. The highest BCUT2D eigenvalue weighted by Gasteiger charge is 2.43. The summed E-state index contributed by atoms with van der Waals surface area (Å²) in [5, 5.41) is 16.1. The predicted molar refractivity (Wildman–Crippen MR) is 162 cm³/mol. The molecule has 0 spiro atoms. The van der Waals surface area contributed by atoms with Gasteiger partial charge in [-0.3, -0.25) is 9.69 Å². The third-order valence-corrected chi connectivity index (χ3v) is 9.79. The van der Waals surface area contributed by atoms with Crippen molar-refractivity contribution >= 4 is 5.91 Å². The van der Waals surface area contributed by atoms with Crippen LogP contribution in [0.15, 0.2) is 35.4 Å². The number of fused-ring (bicyclic) bond motifs is 2. The SMILES string of the molecule is CC(C)c1nnc(CCCCN=[N+]=[N-])n1C1CC2CCC(C1)N2CC[C@H](NC(=O)C1CCC(F)(F)CC1)c1ccccc1. The zero-order chi connectivity index (χ0) is 30.4. The Hall–Kier alpha value is -3.04. The molecular formula is C32H46F2N8O. The topological polar surface area (TPSA) is 112 Å². The third-order valence-electron chi connectivity index (χ3n) is 9.79. The summed E-state index contributed by atoms with van der Waals surface area (Å²) in [7, 11) is 0. The molecule has 3 fully saturated rings. The Balaban J connectivity index is 1.23. The van der Waals surface area contributed by atoms with E-state index in [-0.39, 0.29) is 49.5 Å². The number of benzene rings is 1. The summed E-state index contributed by atoms with van der Waals surface area (Å²) < 4.78 is 29.8. The van der Waals surface area contributed by atoms with Crippen molar-refractivity contribution in [1.29, 1.82) is 0 Å². The number of amides is 1. The molecule has 3 heterocycles. The molecule has 9 nitrogen and oxygen atoms in total. The van der Waals surface area contributed by atoms with Crippen molar-refractivity contribution in [2.24, 2.45) is 11.0 Å². The fourth-order valence-corrected chi connectivity index (χ4v) is 7.51. The Bertz CT molecular complexity index is 1240. The second kappa shape index (κ2) is 14.2. The minimum Gasteiger partial charge on any atom is -0.349 e. The highest BCUT2D eigenvalue weighted by Crippen LogP contribution is 2.43. The lowest BCUT2D eigenvalue weighted by Crippen LogP contribution is -2.45. The molecule has 0 radical (unpaired) electrons. The van der Waals surface area contributed by atoms with Crippen LogP contribution in [-0.2, 0) is 11.2 Å². The molecular weight excluding hydrogens is 550 g/mol. The van der Waals surface area contributed by atoms with Gasteiger partial charge in [-0.2, -0.15) is 0 Å². The normalized spacial score (nSPS) is 24.5. The molecule has 1 amide bonds. The number of hydrogen-bond donors (Lipinski definition) is 1. The van der Waals surface area contributed by atoms with E-state index in [1.807, 2.05) is 18.2 Å². The maximum absolute atomic E-state index is 13.7. The molecule has 11 heteroatoms. The molecule has 2 saturated heterocycles. The standard InChI is InChI=1S/C32H46F2N8O/c1-22(2)30-39-38-29(10-6-7-18-36-40-35)42(30)27-20-25-11-12-26(21-27)41(25)19-15-28(23-8-4-3-5-9-23)37-31(43)24-13-16-32(33,34)17-14-24/h3-5,8-9,22,24-28H,6-7,10-21H2,1-2H3,(H,37,43)/t25?,26?,27?,28-/m0/s1. The summed E-state index contributed by atoms with van der Waals surface area (Å²) in [6.07, 6.45) is 7.89. The Kier molecular flexibility index (Phi) is 10.3. The molecule has 2 aliphatic heterocycles. The van der Waals surface area contributed by atoms with Crippen molar-refractivity contribution in [3.8, 4) is 0 Å². The minimum absolute atomic E-state index is 0.0909. The van der Waals surface area contributed by atoms with Gasteiger partial charge in [0.25, 0.3) is 0 Å². The maximum atomic E-state index is 13.7. The van der Waals surface area contributed by atoms with Gasteiger partial charge in [0.05, 0.1) is 6.04 Å². The van der Waals surface area contributed by atoms with E-state index >= 15 is 0 Å². The molecule has 3 atom stereocenters. The van der Waals surface area contributed by atoms with Crippen LogP contribution in [0.4, 0.5) is 8.78 Å². The number of halogens is 2. The van der Waals surface area contributed by atoms with Crippen LogP contribution < -0.4 is 5.32 Å². The predicted octanol–water partition coefficient (Wildman–Crippen LogP) is 7.28. The van der Waals surface area contributed by atoms with E-state index in [0.717, 1.165) is 62.3 Å². The van der Waals surface area contributed by atoms with Gasteiger partial charge in [-0.25, -0.2) is 8.78 Å². The zero-order valence-electron chi connectivity index (χ0n) is 25.5. The molecule has 2 unspecified atom stereocenters. The van der Waals surface area contributed by atoms with Crippen LogP contribution in [0.5, 0.6) is 0 Å². The Morgan fingerprint density at radius 3 is 2.42 bits per heavy atom. The van der Waals surface area contributed by atoms with E-state index < -0.39 is 5.92 Å². The summed E-state index contributed by atoms with van der Waals surface area (Å²) in [6, 6.07) is 11.2. The van der Waals surface area contributed by atoms with Crippen molar-refractivity contribution < 1.29 is 13.6 Å². The number of alkyl halides is 2. The summed E-state index contributed by atoms with van der Waals surface area (Å²) >= 11 is 0. The number of unbranched alkanes of at least 4 members (excludes halogenated alkanes) is 1. The summed E-state index contributed by atoms with van der Waals surface area (Å²) in [4.78, 5) is 18.7. The largest absolute Gasteiger partial charge is 0.349 e. The molecule has 1 saturated carbocycles. The number of nitrogens with zero attached hydrogens (tertiary/aromatic N) is 7. The number of nitrogens with one attached hydrogen (secondary N) is 1. The lowest BCUT2D eigenvalue weighted by molar-refractivity contribution is -0.130. The van der Waals surface area contributed by atoms with Gasteiger partial charge in [-0.15, -0.1) is 10.2 Å². The smallest absolute Gasteiger partial charge is 0.248 e. The maximum Gasteiger partial charge on any atom is 0.248 e. The number of aromatic nitrogens is 3. The monoisotopic (exact) mass is 596 g/mol. The van der Waals surface area contributed by atoms with Gasteiger partial charge in [0, 0.05) is 67.2 Å². The van der Waals surface area contributed by atoms with E-state index in [1.165, 1.54) is 12.8 Å². The van der Waals surface area contributed by atoms with Crippen molar-refractivity contribution in [3.63, 3.8) is 0 Å². The van der Waals surface area contributed by atoms with Crippen molar-refractivity contribution in [2.45, 2.75) is 127 Å². The molecule has 43 heavy (non-hydrogen) atoms. The first kappa shape index (κ1) is 31.4. The summed E-state index contributed by atoms with van der Waals surface area (Å²) in [5.41, 5.74) is 9.62. The van der Waals surface area contributed by atoms with Gasteiger partial charge in [0.2, 0.25) is 11.8 Å². The molecule has 2 aromatic rings. The highest BCUT2D eigenvalue weighted by molar-refractivity contribution is 5.79. The average molecular weight is 597 g/mol. The van der Waals surface area contributed by atoms with E-state index in [9.17, 15) is 13.6 Å². The van der Waals surface area contributed by atoms with Crippen LogP contribution in [0.3, 0.4) is 0 Å². The number of carbonyl (C=O) groups excluding carboxylic acids is 1. The Morgan fingerprint density at radius 1 is 1.07 bits per heavy atom. The second-order valence-corrected chi connectivity index (χ2v) is 13.0. The van der Waals surface area contributed by atoms with Gasteiger partial charge >= 0.3 is 0 Å². The van der Waals surface area contributed by atoms with Crippen molar-refractivity contribution in [3.05, 3.63) is 58.0 Å². The minimum atomic E-state index is -2.64. The third kappa shape index (κ3) is 7.73. The van der Waals surface area contributed by atoms with E-state index in [2.05, 4.69) is 61.0 Å². The summed E-state index contributed by atoms with van der Waals surface area (Å²) in [5.74, 6) is -0.704. The number of carbonyl (C=O) groups is 1. The number of hydrogen-bond acceptors (Lipinski definition) is 5. The number of rotatable bonds is 13. The molecule has 5 rings (SSSR count). The first-order chi connectivity index (χ1) is 20.8. The zero-order valence-corrected chi connectivity index (χ0v) is 25.5. The number of azide groups is 1. The lowest BCUT2D eigenvalue weighted by Gasteiger charge is -2.41. The van der Waals surface area contributed by atoms with E-state index in [4.69, 9.17) is 5.53 Å². The fourth-order valence-electron chi connectivity index (χ4n) is 7.51. The van der Waals surface area contributed by atoms with Crippen LogP contribution in [0.25, 0.3) is 10.4 Å². The Labute approximate surface area is 253 Å². The highest BCUT2D eigenvalue weighted by atomic mass is 19.3. The van der Waals surface area contributed by atoms with Crippen LogP contribution in [0, 0.1) is 5.92 Å². The fraction of sp³-hybridized carbons (Fsp3) is 0.719.